The van der Waals surface area contributed by atoms with E-state index >= 15 is 0 Å². The average molecular weight is 358 g/mol. The smallest absolute Gasteiger partial charge is 0.268 e. The summed E-state index contributed by atoms with van der Waals surface area (Å²) >= 11 is 0. The molecule has 0 fully saturated rings. The van der Waals surface area contributed by atoms with Gasteiger partial charge in [0.15, 0.2) is 0 Å². The highest BCUT2D eigenvalue weighted by Crippen LogP contribution is 2.22. The molecule has 136 valence electrons. The van der Waals surface area contributed by atoms with Crippen molar-refractivity contribution < 1.29 is 4.52 Å². The van der Waals surface area contributed by atoms with Gasteiger partial charge in [-0.1, -0.05) is 47.1 Å². The second kappa shape index (κ2) is 8.33. The Bertz CT molecular complexity index is 959. The monoisotopic (exact) mass is 358 g/mol. The maximum atomic E-state index is 9.52. The van der Waals surface area contributed by atoms with Crippen LogP contribution in [0.15, 0.2) is 53.1 Å². The SMILES string of the molecule is CCN(CC)c1ccc(/C=C(\C#N)c2nc(-c3ccc(C)cc3)no2)cc1. The van der Waals surface area contributed by atoms with Gasteiger partial charge in [-0.15, -0.1) is 0 Å². The zero-order valence-corrected chi connectivity index (χ0v) is 15.8. The molecule has 0 saturated heterocycles. The number of allylic oxidation sites excluding steroid dienone is 1. The summed E-state index contributed by atoms with van der Waals surface area (Å²) in [7, 11) is 0. The molecule has 1 heterocycles. The van der Waals surface area contributed by atoms with Gasteiger partial charge in [-0.3, -0.25) is 0 Å². The number of nitriles is 1. The van der Waals surface area contributed by atoms with Crippen LogP contribution in [0, 0.1) is 18.3 Å². The lowest BCUT2D eigenvalue weighted by atomic mass is 10.1. The number of rotatable bonds is 6. The molecule has 5 nitrogen and oxygen atoms in total. The molecule has 3 aromatic rings. The predicted octanol–water partition coefficient (Wildman–Crippen LogP) is 4.96. The number of hydrogen-bond acceptors (Lipinski definition) is 5. The summed E-state index contributed by atoms with van der Waals surface area (Å²) < 4.78 is 5.31. The van der Waals surface area contributed by atoms with Crippen molar-refractivity contribution in [2.24, 2.45) is 0 Å². The number of hydrogen-bond donors (Lipinski definition) is 0. The molecule has 2 aromatic carbocycles. The van der Waals surface area contributed by atoms with Crippen LogP contribution in [-0.4, -0.2) is 23.2 Å². The molecule has 0 amide bonds. The fourth-order valence-corrected chi connectivity index (χ4v) is 2.83. The van der Waals surface area contributed by atoms with Gasteiger partial charge in [0.2, 0.25) is 5.82 Å². The van der Waals surface area contributed by atoms with Gasteiger partial charge in [0.05, 0.1) is 0 Å². The highest BCUT2D eigenvalue weighted by molar-refractivity contribution is 5.86. The van der Waals surface area contributed by atoms with E-state index < -0.39 is 0 Å². The predicted molar refractivity (Wildman–Crippen MR) is 108 cm³/mol. The van der Waals surface area contributed by atoms with E-state index in [0.717, 1.165) is 35.5 Å². The molecule has 3 rings (SSSR count). The van der Waals surface area contributed by atoms with E-state index in [9.17, 15) is 5.26 Å². The molecule has 5 heteroatoms. The molecule has 0 unspecified atom stereocenters. The molecule has 0 atom stereocenters. The molecule has 0 aliphatic carbocycles. The van der Waals surface area contributed by atoms with Crippen molar-refractivity contribution in [3.8, 4) is 17.5 Å². The molecule has 0 aliphatic heterocycles. The Hall–Kier alpha value is -3.39. The lowest BCUT2D eigenvalue weighted by Crippen LogP contribution is -2.21. The Kier molecular flexibility index (Phi) is 5.68. The van der Waals surface area contributed by atoms with Crippen LogP contribution in [0.2, 0.25) is 0 Å². The summed E-state index contributed by atoms with van der Waals surface area (Å²) in [5.41, 5.74) is 4.44. The first-order valence-electron chi connectivity index (χ1n) is 9.02. The largest absolute Gasteiger partial charge is 0.372 e. The van der Waals surface area contributed by atoms with E-state index in [2.05, 4.69) is 47.1 Å². The molecule has 0 bridgehead atoms. The van der Waals surface area contributed by atoms with Gasteiger partial charge < -0.3 is 9.42 Å². The molecule has 1 aromatic heterocycles. The minimum absolute atomic E-state index is 0.223. The molecule has 0 N–H and O–H groups in total. The highest BCUT2D eigenvalue weighted by Gasteiger charge is 2.13. The van der Waals surface area contributed by atoms with Crippen molar-refractivity contribution in [3.05, 3.63) is 65.5 Å². The lowest BCUT2D eigenvalue weighted by molar-refractivity contribution is 0.409. The summed E-state index contributed by atoms with van der Waals surface area (Å²) in [6, 6.07) is 18.1. The number of aromatic nitrogens is 2. The summed E-state index contributed by atoms with van der Waals surface area (Å²) in [6.45, 7) is 8.20. The first-order valence-corrected chi connectivity index (χ1v) is 9.02. The lowest BCUT2D eigenvalue weighted by Gasteiger charge is -2.20. The summed E-state index contributed by atoms with van der Waals surface area (Å²) in [5.74, 6) is 0.698. The molecule has 0 saturated carbocycles. The first kappa shape index (κ1) is 18.4. The second-order valence-electron chi connectivity index (χ2n) is 6.22. The van der Waals surface area contributed by atoms with E-state index in [1.165, 1.54) is 0 Å². The van der Waals surface area contributed by atoms with Gasteiger partial charge in [0.25, 0.3) is 5.89 Å². The van der Waals surface area contributed by atoms with Gasteiger partial charge in [0.1, 0.15) is 11.6 Å². The third-order valence-corrected chi connectivity index (χ3v) is 4.42. The standard InChI is InChI=1S/C22H22N4O/c1-4-26(5-2)20-12-8-17(9-13-20)14-19(15-23)22-24-21(25-27-22)18-10-6-16(3)7-11-18/h6-14H,4-5H2,1-3H3/b19-14+. The van der Waals surface area contributed by atoms with Crippen LogP contribution in [0.1, 0.15) is 30.9 Å². The van der Waals surface area contributed by atoms with Gasteiger partial charge in [-0.05, 0) is 44.5 Å². The summed E-state index contributed by atoms with van der Waals surface area (Å²) in [6.07, 6.45) is 1.76. The third-order valence-electron chi connectivity index (χ3n) is 4.42. The zero-order valence-electron chi connectivity index (χ0n) is 15.8. The Balaban J connectivity index is 1.85. The average Bonchev–Trinajstić information content (AvgIpc) is 3.18. The Morgan fingerprint density at radius 3 is 2.33 bits per heavy atom. The van der Waals surface area contributed by atoms with Crippen LogP contribution in [0.3, 0.4) is 0 Å². The van der Waals surface area contributed by atoms with Crippen LogP contribution in [0.4, 0.5) is 5.69 Å². The molecule has 0 radical (unpaired) electrons. The van der Waals surface area contributed by atoms with E-state index in [4.69, 9.17) is 4.52 Å². The molecule has 0 aliphatic rings. The van der Waals surface area contributed by atoms with Crippen molar-refractivity contribution in [2.45, 2.75) is 20.8 Å². The van der Waals surface area contributed by atoms with E-state index in [1.807, 2.05) is 43.3 Å². The Morgan fingerprint density at radius 1 is 1.07 bits per heavy atom. The maximum Gasteiger partial charge on any atom is 0.268 e. The normalized spacial score (nSPS) is 11.3. The van der Waals surface area contributed by atoms with E-state index in [-0.39, 0.29) is 5.89 Å². The molecular weight excluding hydrogens is 336 g/mol. The van der Waals surface area contributed by atoms with Crippen molar-refractivity contribution in [1.82, 2.24) is 10.1 Å². The van der Waals surface area contributed by atoms with E-state index in [0.29, 0.717) is 11.4 Å². The first-order chi connectivity index (χ1) is 13.1. The zero-order chi connectivity index (χ0) is 19.2. The van der Waals surface area contributed by atoms with Crippen molar-refractivity contribution in [1.29, 1.82) is 5.26 Å². The van der Waals surface area contributed by atoms with Crippen molar-refractivity contribution in [3.63, 3.8) is 0 Å². The van der Waals surface area contributed by atoms with Crippen LogP contribution in [0.5, 0.6) is 0 Å². The Morgan fingerprint density at radius 2 is 1.74 bits per heavy atom. The molecule has 27 heavy (non-hydrogen) atoms. The van der Waals surface area contributed by atoms with Crippen molar-refractivity contribution >= 4 is 17.3 Å². The fourth-order valence-electron chi connectivity index (χ4n) is 2.83. The number of nitrogens with zero attached hydrogens (tertiary/aromatic N) is 4. The molecular formula is C22H22N4O. The third kappa shape index (κ3) is 4.24. The minimum Gasteiger partial charge on any atom is -0.372 e. The number of aryl methyl sites for hydroxylation is 1. The van der Waals surface area contributed by atoms with Crippen LogP contribution in [-0.2, 0) is 0 Å². The van der Waals surface area contributed by atoms with Gasteiger partial charge in [-0.25, -0.2) is 0 Å². The summed E-state index contributed by atoms with van der Waals surface area (Å²) in [5, 5.41) is 13.5. The van der Waals surface area contributed by atoms with Crippen LogP contribution < -0.4 is 4.90 Å². The summed E-state index contributed by atoms with van der Waals surface area (Å²) in [4.78, 5) is 6.64. The fraction of sp³-hybridized carbons (Fsp3) is 0.227. The van der Waals surface area contributed by atoms with Gasteiger partial charge in [-0.2, -0.15) is 10.2 Å². The second-order valence-corrected chi connectivity index (χ2v) is 6.22. The van der Waals surface area contributed by atoms with Crippen LogP contribution >= 0.6 is 0 Å². The minimum atomic E-state index is 0.223. The number of anilines is 1. The quantitative estimate of drug-likeness (QED) is 0.583. The van der Waals surface area contributed by atoms with Gasteiger partial charge in [0, 0.05) is 24.3 Å². The van der Waals surface area contributed by atoms with Crippen molar-refractivity contribution in [2.75, 3.05) is 18.0 Å². The van der Waals surface area contributed by atoms with Crippen LogP contribution in [0.25, 0.3) is 23.0 Å². The molecule has 0 spiro atoms. The number of benzene rings is 2. The maximum absolute atomic E-state index is 9.52. The Labute approximate surface area is 159 Å². The van der Waals surface area contributed by atoms with Gasteiger partial charge >= 0.3 is 0 Å². The van der Waals surface area contributed by atoms with E-state index in [1.54, 1.807) is 6.08 Å². The topological polar surface area (TPSA) is 66.0 Å². The highest BCUT2D eigenvalue weighted by atomic mass is 16.5.